The monoisotopic (exact) mass is 188 g/mol. The van der Waals surface area contributed by atoms with Gasteiger partial charge >= 0.3 is 0 Å². The molecule has 0 saturated heterocycles. The van der Waals surface area contributed by atoms with Gasteiger partial charge in [0.25, 0.3) is 5.19 Å². The van der Waals surface area contributed by atoms with Crippen molar-refractivity contribution in [2.45, 2.75) is 6.54 Å². The number of thiazole rings is 1. The molecule has 1 rings (SSSR count). The molecule has 0 atom stereocenters. The molecule has 0 bridgehead atoms. The summed E-state index contributed by atoms with van der Waals surface area (Å²) >= 11 is 1.51. The smallest absolute Gasteiger partial charge is 0.273 e. The second kappa shape index (κ2) is 5.08. The van der Waals surface area contributed by atoms with Gasteiger partial charge in [0.05, 0.1) is 13.7 Å². The molecule has 4 nitrogen and oxygen atoms in total. The third kappa shape index (κ3) is 2.77. The highest BCUT2D eigenvalue weighted by atomic mass is 32.1. The van der Waals surface area contributed by atoms with Gasteiger partial charge in [0.1, 0.15) is 0 Å². The lowest BCUT2D eigenvalue weighted by atomic mass is 10.5. The molecule has 1 aromatic heterocycles. The van der Waals surface area contributed by atoms with E-state index in [2.05, 4.69) is 10.3 Å². The van der Waals surface area contributed by atoms with Crippen molar-refractivity contribution in [2.75, 3.05) is 20.3 Å². The molecule has 12 heavy (non-hydrogen) atoms. The third-order valence-electron chi connectivity index (χ3n) is 1.29. The van der Waals surface area contributed by atoms with Crippen LogP contribution in [-0.2, 0) is 6.54 Å². The van der Waals surface area contributed by atoms with E-state index in [4.69, 9.17) is 9.84 Å². The van der Waals surface area contributed by atoms with Crippen molar-refractivity contribution in [1.29, 1.82) is 0 Å². The number of aromatic nitrogens is 1. The maximum Gasteiger partial charge on any atom is 0.273 e. The minimum Gasteiger partial charge on any atom is -0.473 e. The van der Waals surface area contributed by atoms with E-state index in [1.54, 1.807) is 13.3 Å². The van der Waals surface area contributed by atoms with Crippen molar-refractivity contribution in [2.24, 2.45) is 0 Å². The largest absolute Gasteiger partial charge is 0.473 e. The van der Waals surface area contributed by atoms with Crippen LogP contribution in [0.4, 0.5) is 0 Å². The topological polar surface area (TPSA) is 54.4 Å². The average Bonchev–Trinajstić information content (AvgIpc) is 2.53. The van der Waals surface area contributed by atoms with Crippen molar-refractivity contribution in [3.63, 3.8) is 0 Å². The highest BCUT2D eigenvalue weighted by Gasteiger charge is 1.99. The van der Waals surface area contributed by atoms with Crippen molar-refractivity contribution in [3.05, 3.63) is 11.1 Å². The third-order valence-corrected chi connectivity index (χ3v) is 2.25. The Morgan fingerprint density at radius 1 is 1.75 bits per heavy atom. The Balaban J connectivity index is 2.31. The van der Waals surface area contributed by atoms with Crippen LogP contribution in [0.2, 0.25) is 0 Å². The van der Waals surface area contributed by atoms with Crippen LogP contribution in [0.1, 0.15) is 4.88 Å². The number of methoxy groups -OCH3 is 1. The van der Waals surface area contributed by atoms with Crippen LogP contribution in [0.25, 0.3) is 0 Å². The fourth-order valence-electron chi connectivity index (χ4n) is 0.756. The predicted octanol–water partition coefficient (Wildman–Crippen LogP) is 0.234. The van der Waals surface area contributed by atoms with Gasteiger partial charge in [-0.2, -0.15) is 0 Å². The summed E-state index contributed by atoms with van der Waals surface area (Å²) in [5.41, 5.74) is 0. The Labute approximate surface area is 75.2 Å². The molecule has 1 heterocycles. The van der Waals surface area contributed by atoms with Gasteiger partial charge in [-0.3, -0.25) is 0 Å². The van der Waals surface area contributed by atoms with E-state index in [9.17, 15) is 0 Å². The Morgan fingerprint density at radius 2 is 2.58 bits per heavy atom. The van der Waals surface area contributed by atoms with Crippen LogP contribution in [0.5, 0.6) is 5.19 Å². The predicted molar refractivity (Wildman–Crippen MR) is 47.5 cm³/mol. The first-order valence-corrected chi connectivity index (χ1v) is 4.48. The van der Waals surface area contributed by atoms with Gasteiger partial charge in [0.15, 0.2) is 0 Å². The molecule has 0 amide bonds. The molecular weight excluding hydrogens is 176 g/mol. The first-order valence-electron chi connectivity index (χ1n) is 3.67. The molecule has 0 fully saturated rings. The average molecular weight is 188 g/mol. The zero-order valence-corrected chi connectivity index (χ0v) is 7.73. The Bertz CT molecular complexity index is 227. The molecule has 5 heteroatoms. The Kier molecular flexibility index (Phi) is 3.99. The van der Waals surface area contributed by atoms with Crippen molar-refractivity contribution >= 4 is 11.3 Å². The van der Waals surface area contributed by atoms with Crippen molar-refractivity contribution in [3.8, 4) is 5.19 Å². The molecule has 0 aliphatic heterocycles. The van der Waals surface area contributed by atoms with Crippen LogP contribution in [0, 0.1) is 0 Å². The fraction of sp³-hybridized carbons (Fsp3) is 0.571. The molecule has 0 spiro atoms. The van der Waals surface area contributed by atoms with E-state index < -0.39 is 0 Å². The number of ether oxygens (including phenoxy) is 1. The van der Waals surface area contributed by atoms with E-state index in [0.717, 1.165) is 11.4 Å². The van der Waals surface area contributed by atoms with Crippen molar-refractivity contribution in [1.82, 2.24) is 10.3 Å². The van der Waals surface area contributed by atoms with Crippen molar-refractivity contribution < 1.29 is 9.84 Å². The van der Waals surface area contributed by atoms with Crippen LogP contribution >= 0.6 is 11.3 Å². The molecule has 0 aromatic carbocycles. The Hall–Kier alpha value is -0.650. The summed E-state index contributed by atoms with van der Waals surface area (Å²) in [6, 6.07) is 0. The zero-order chi connectivity index (χ0) is 8.81. The number of hydrogen-bond donors (Lipinski definition) is 2. The number of hydrogen-bond acceptors (Lipinski definition) is 5. The van der Waals surface area contributed by atoms with E-state index in [-0.39, 0.29) is 6.61 Å². The molecule has 0 aliphatic rings. The molecule has 0 radical (unpaired) electrons. The number of aliphatic hydroxyl groups is 1. The molecule has 68 valence electrons. The molecule has 0 unspecified atom stereocenters. The van der Waals surface area contributed by atoms with Gasteiger partial charge in [0, 0.05) is 24.2 Å². The minimum absolute atomic E-state index is 0.163. The number of nitrogens with one attached hydrogen (secondary N) is 1. The van der Waals surface area contributed by atoms with E-state index in [1.807, 2.05) is 0 Å². The lowest BCUT2D eigenvalue weighted by Gasteiger charge is -1.97. The summed E-state index contributed by atoms with van der Waals surface area (Å²) in [6.07, 6.45) is 1.77. The van der Waals surface area contributed by atoms with Crippen LogP contribution in [-0.4, -0.2) is 30.4 Å². The van der Waals surface area contributed by atoms with E-state index in [0.29, 0.717) is 11.7 Å². The van der Waals surface area contributed by atoms with Gasteiger partial charge in [-0.15, -0.1) is 0 Å². The number of rotatable bonds is 5. The molecule has 2 N–H and O–H groups in total. The first-order chi connectivity index (χ1) is 5.86. The lowest BCUT2D eigenvalue weighted by molar-refractivity contribution is 0.292. The summed E-state index contributed by atoms with van der Waals surface area (Å²) in [5.74, 6) is 0. The molecular formula is C7H12N2O2S. The zero-order valence-electron chi connectivity index (χ0n) is 6.91. The van der Waals surface area contributed by atoms with Gasteiger partial charge in [0.2, 0.25) is 0 Å². The maximum absolute atomic E-state index is 8.50. The second-order valence-corrected chi connectivity index (χ2v) is 3.27. The normalized spacial score (nSPS) is 10.2. The van der Waals surface area contributed by atoms with E-state index >= 15 is 0 Å². The van der Waals surface area contributed by atoms with Crippen LogP contribution < -0.4 is 10.1 Å². The van der Waals surface area contributed by atoms with Crippen LogP contribution in [0.15, 0.2) is 6.20 Å². The highest BCUT2D eigenvalue weighted by molar-refractivity contribution is 7.13. The standard InChI is InChI=1S/C7H12N2O2S/c1-11-7-9-5-6(12-7)4-8-2-3-10/h5,8,10H,2-4H2,1H3. The lowest BCUT2D eigenvalue weighted by Crippen LogP contribution is -2.16. The Morgan fingerprint density at radius 3 is 3.17 bits per heavy atom. The van der Waals surface area contributed by atoms with Gasteiger partial charge in [-0.05, 0) is 0 Å². The summed E-state index contributed by atoms with van der Waals surface area (Å²) in [6.45, 7) is 1.51. The van der Waals surface area contributed by atoms with Gasteiger partial charge < -0.3 is 15.2 Å². The summed E-state index contributed by atoms with van der Waals surface area (Å²) < 4.78 is 4.93. The summed E-state index contributed by atoms with van der Waals surface area (Å²) in [4.78, 5) is 5.12. The number of aliphatic hydroxyl groups excluding tert-OH is 1. The summed E-state index contributed by atoms with van der Waals surface area (Å²) in [7, 11) is 1.60. The van der Waals surface area contributed by atoms with Gasteiger partial charge in [-0.1, -0.05) is 11.3 Å². The molecule has 1 aromatic rings. The SMILES string of the molecule is COc1ncc(CNCCO)s1. The minimum atomic E-state index is 0.163. The van der Waals surface area contributed by atoms with Crippen LogP contribution in [0.3, 0.4) is 0 Å². The second-order valence-electron chi connectivity index (χ2n) is 2.20. The summed E-state index contributed by atoms with van der Waals surface area (Å²) in [5, 5.41) is 12.2. The highest BCUT2D eigenvalue weighted by Crippen LogP contribution is 2.19. The van der Waals surface area contributed by atoms with E-state index in [1.165, 1.54) is 11.3 Å². The molecule has 0 saturated carbocycles. The van der Waals surface area contributed by atoms with Gasteiger partial charge in [-0.25, -0.2) is 4.98 Å². The number of nitrogens with zero attached hydrogens (tertiary/aromatic N) is 1. The first kappa shape index (κ1) is 9.44. The molecule has 0 aliphatic carbocycles. The fourth-order valence-corrected chi connectivity index (χ4v) is 1.45. The quantitative estimate of drug-likeness (QED) is 0.650. The maximum atomic E-state index is 8.50.